The Kier molecular flexibility index (Phi) is 3.28. The lowest BCUT2D eigenvalue weighted by molar-refractivity contribution is 0.0260. The summed E-state index contributed by atoms with van der Waals surface area (Å²) in [5.74, 6) is 0. The smallest absolute Gasteiger partial charge is 0.407 e. The Morgan fingerprint density at radius 1 is 1.53 bits per heavy atom. The standard InChI is InChI=1S/C11H22N2O2/c1-10(2,3)11(6-7-12)5-4-8-13(11)9(14)15/h4-8,12H2,1-3H3,(H,14,15)/t11-/m0/s1. The van der Waals surface area contributed by atoms with E-state index in [0.717, 1.165) is 19.3 Å². The third kappa shape index (κ3) is 1.95. The topological polar surface area (TPSA) is 66.6 Å². The van der Waals surface area contributed by atoms with Gasteiger partial charge in [0.25, 0.3) is 0 Å². The van der Waals surface area contributed by atoms with Crippen LogP contribution < -0.4 is 5.73 Å². The monoisotopic (exact) mass is 214 g/mol. The molecule has 0 aromatic rings. The van der Waals surface area contributed by atoms with Crippen molar-refractivity contribution in [1.29, 1.82) is 0 Å². The molecule has 1 rings (SSSR count). The number of carboxylic acid groups (broad SMARTS) is 1. The molecule has 1 heterocycles. The second-order valence-electron chi connectivity index (χ2n) is 5.36. The predicted octanol–water partition coefficient (Wildman–Crippen LogP) is 1.89. The zero-order chi connectivity index (χ0) is 11.7. The maximum absolute atomic E-state index is 11.2. The van der Waals surface area contributed by atoms with Gasteiger partial charge in [0.2, 0.25) is 0 Å². The SMILES string of the molecule is CC(C)(C)[C@@]1(CCN)CCCN1C(=O)O. The summed E-state index contributed by atoms with van der Waals surface area (Å²) in [6.07, 6.45) is 1.82. The fourth-order valence-electron chi connectivity index (χ4n) is 2.81. The van der Waals surface area contributed by atoms with Crippen LogP contribution in [-0.4, -0.2) is 34.7 Å². The van der Waals surface area contributed by atoms with E-state index >= 15 is 0 Å². The molecule has 1 aliphatic rings. The van der Waals surface area contributed by atoms with Gasteiger partial charge >= 0.3 is 6.09 Å². The number of nitrogens with zero attached hydrogens (tertiary/aromatic N) is 1. The zero-order valence-electron chi connectivity index (χ0n) is 9.92. The van der Waals surface area contributed by atoms with Crippen LogP contribution in [0.25, 0.3) is 0 Å². The summed E-state index contributed by atoms with van der Waals surface area (Å²) in [5.41, 5.74) is 5.31. The predicted molar refractivity (Wildman–Crippen MR) is 59.8 cm³/mol. The molecule has 88 valence electrons. The number of amides is 1. The molecule has 1 saturated heterocycles. The molecule has 0 aromatic heterocycles. The molecule has 4 heteroatoms. The first kappa shape index (κ1) is 12.3. The number of rotatable bonds is 2. The van der Waals surface area contributed by atoms with Gasteiger partial charge in [-0.05, 0) is 31.2 Å². The fourth-order valence-corrected chi connectivity index (χ4v) is 2.81. The molecule has 1 amide bonds. The van der Waals surface area contributed by atoms with E-state index in [-0.39, 0.29) is 11.0 Å². The van der Waals surface area contributed by atoms with Crippen molar-refractivity contribution in [3.63, 3.8) is 0 Å². The van der Waals surface area contributed by atoms with E-state index in [4.69, 9.17) is 5.73 Å². The van der Waals surface area contributed by atoms with E-state index in [0.29, 0.717) is 13.1 Å². The maximum atomic E-state index is 11.2. The van der Waals surface area contributed by atoms with Gasteiger partial charge in [-0.1, -0.05) is 20.8 Å². The van der Waals surface area contributed by atoms with E-state index in [1.165, 1.54) is 0 Å². The Morgan fingerprint density at radius 2 is 2.13 bits per heavy atom. The van der Waals surface area contributed by atoms with Crippen molar-refractivity contribution >= 4 is 6.09 Å². The van der Waals surface area contributed by atoms with Crippen LogP contribution in [0.5, 0.6) is 0 Å². The van der Waals surface area contributed by atoms with Crippen molar-refractivity contribution in [2.75, 3.05) is 13.1 Å². The van der Waals surface area contributed by atoms with Gasteiger partial charge in [0, 0.05) is 6.54 Å². The van der Waals surface area contributed by atoms with Crippen molar-refractivity contribution in [1.82, 2.24) is 4.90 Å². The Bertz CT molecular complexity index is 247. The molecular formula is C11H22N2O2. The van der Waals surface area contributed by atoms with Crippen molar-refractivity contribution in [3.05, 3.63) is 0 Å². The highest BCUT2D eigenvalue weighted by Gasteiger charge is 2.50. The lowest BCUT2D eigenvalue weighted by Crippen LogP contribution is -2.56. The molecule has 1 aliphatic heterocycles. The maximum Gasteiger partial charge on any atom is 0.407 e. The number of likely N-dealkylation sites (tertiary alicyclic amines) is 1. The summed E-state index contributed by atoms with van der Waals surface area (Å²) in [6, 6.07) is 0. The van der Waals surface area contributed by atoms with Crippen molar-refractivity contribution in [2.24, 2.45) is 11.1 Å². The summed E-state index contributed by atoms with van der Waals surface area (Å²) in [4.78, 5) is 12.8. The first-order valence-electron chi connectivity index (χ1n) is 5.56. The highest BCUT2D eigenvalue weighted by Crippen LogP contribution is 2.45. The van der Waals surface area contributed by atoms with E-state index in [2.05, 4.69) is 20.8 Å². The molecule has 0 bridgehead atoms. The van der Waals surface area contributed by atoms with Crippen LogP contribution in [0.15, 0.2) is 0 Å². The van der Waals surface area contributed by atoms with Crippen LogP contribution in [0.1, 0.15) is 40.0 Å². The highest BCUT2D eigenvalue weighted by molar-refractivity contribution is 5.67. The summed E-state index contributed by atoms with van der Waals surface area (Å²) in [6.45, 7) is 7.49. The number of hydrogen-bond acceptors (Lipinski definition) is 2. The first-order valence-corrected chi connectivity index (χ1v) is 5.56. The summed E-state index contributed by atoms with van der Waals surface area (Å²) < 4.78 is 0. The molecule has 0 spiro atoms. The second-order valence-corrected chi connectivity index (χ2v) is 5.36. The van der Waals surface area contributed by atoms with Gasteiger partial charge in [0.1, 0.15) is 0 Å². The molecule has 1 fully saturated rings. The summed E-state index contributed by atoms with van der Waals surface area (Å²) in [7, 11) is 0. The largest absolute Gasteiger partial charge is 0.465 e. The normalized spacial score (nSPS) is 27.1. The highest BCUT2D eigenvalue weighted by atomic mass is 16.4. The third-order valence-corrected chi connectivity index (χ3v) is 3.67. The second kappa shape index (κ2) is 4.00. The van der Waals surface area contributed by atoms with Crippen LogP contribution in [0, 0.1) is 5.41 Å². The first-order chi connectivity index (χ1) is 6.85. The number of carbonyl (C=O) groups is 1. The minimum Gasteiger partial charge on any atom is -0.465 e. The average Bonchev–Trinajstić information content (AvgIpc) is 2.48. The van der Waals surface area contributed by atoms with E-state index < -0.39 is 6.09 Å². The molecule has 15 heavy (non-hydrogen) atoms. The van der Waals surface area contributed by atoms with Gasteiger partial charge in [-0.3, -0.25) is 0 Å². The van der Waals surface area contributed by atoms with Gasteiger partial charge in [-0.15, -0.1) is 0 Å². The molecule has 1 atom stereocenters. The quantitative estimate of drug-likeness (QED) is 0.737. The van der Waals surface area contributed by atoms with Crippen LogP contribution in [-0.2, 0) is 0 Å². The Morgan fingerprint density at radius 3 is 2.53 bits per heavy atom. The Balaban J connectivity index is 3.04. The molecule has 0 aromatic carbocycles. The molecule has 0 aliphatic carbocycles. The van der Waals surface area contributed by atoms with E-state index in [1.807, 2.05) is 0 Å². The molecular weight excluding hydrogens is 192 g/mol. The molecule has 0 saturated carbocycles. The zero-order valence-corrected chi connectivity index (χ0v) is 9.92. The Labute approximate surface area is 91.4 Å². The summed E-state index contributed by atoms with van der Waals surface area (Å²) in [5, 5.41) is 9.22. The van der Waals surface area contributed by atoms with Gasteiger partial charge < -0.3 is 15.7 Å². The Hall–Kier alpha value is -0.770. The van der Waals surface area contributed by atoms with Gasteiger partial charge in [-0.2, -0.15) is 0 Å². The van der Waals surface area contributed by atoms with E-state index in [1.54, 1.807) is 4.90 Å². The average molecular weight is 214 g/mol. The van der Waals surface area contributed by atoms with Crippen LogP contribution >= 0.6 is 0 Å². The van der Waals surface area contributed by atoms with Gasteiger partial charge in [0.05, 0.1) is 5.54 Å². The van der Waals surface area contributed by atoms with Crippen LogP contribution in [0.4, 0.5) is 4.79 Å². The van der Waals surface area contributed by atoms with Crippen molar-refractivity contribution in [3.8, 4) is 0 Å². The van der Waals surface area contributed by atoms with Gasteiger partial charge in [0.15, 0.2) is 0 Å². The minimum absolute atomic E-state index is 0.0543. The third-order valence-electron chi connectivity index (χ3n) is 3.67. The van der Waals surface area contributed by atoms with Gasteiger partial charge in [-0.25, -0.2) is 4.79 Å². The van der Waals surface area contributed by atoms with Crippen LogP contribution in [0.2, 0.25) is 0 Å². The molecule has 4 nitrogen and oxygen atoms in total. The molecule has 0 radical (unpaired) electrons. The minimum atomic E-state index is -0.809. The summed E-state index contributed by atoms with van der Waals surface area (Å²) >= 11 is 0. The van der Waals surface area contributed by atoms with E-state index in [9.17, 15) is 9.90 Å². The molecule has 0 unspecified atom stereocenters. The molecule has 3 N–H and O–H groups in total. The number of nitrogens with two attached hydrogens (primary N) is 1. The number of hydrogen-bond donors (Lipinski definition) is 2. The van der Waals surface area contributed by atoms with Crippen LogP contribution in [0.3, 0.4) is 0 Å². The fraction of sp³-hybridized carbons (Fsp3) is 0.909. The van der Waals surface area contributed by atoms with Crippen molar-refractivity contribution in [2.45, 2.75) is 45.6 Å². The lowest BCUT2D eigenvalue weighted by atomic mass is 9.70. The lowest BCUT2D eigenvalue weighted by Gasteiger charge is -2.47. The van der Waals surface area contributed by atoms with Crippen molar-refractivity contribution < 1.29 is 9.90 Å².